The monoisotopic (exact) mass is 278 g/mol. The largest absolute Gasteiger partial charge is 0.351 e. The standard InChI is InChI=1S/C13H18N4OS/c14-17-16-8-4-7-15-13(18)12-9-10-5-2-1-3-6-11(10)19-12/h9H,1-8H2,(H,15,18). The first kappa shape index (κ1) is 13.9. The Morgan fingerprint density at radius 3 is 3.11 bits per heavy atom. The Labute approximate surface area is 116 Å². The molecule has 0 spiro atoms. The van der Waals surface area contributed by atoms with Crippen LogP contribution in [0.25, 0.3) is 10.4 Å². The van der Waals surface area contributed by atoms with Crippen molar-refractivity contribution in [1.82, 2.24) is 5.32 Å². The summed E-state index contributed by atoms with van der Waals surface area (Å²) in [5, 5.41) is 6.31. The molecule has 19 heavy (non-hydrogen) atoms. The Balaban J connectivity index is 1.87. The molecule has 1 aromatic heterocycles. The van der Waals surface area contributed by atoms with Crippen molar-refractivity contribution in [3.63, 3.8) is 0 Å². The lowest BCUT2D eigenvalue weighted by atomic mass is 10.1. The SMILES string of the molecule is [N-]=[N+]=NCCCNC(=O)c1cc2c(s1)CCCCC2. The van der Waals surface area contributed by atoms with Gasteiger partial charge in [0.2, 0.25) is 0 Å². The highest BCUT2D eigenvalue weighted by molar-refractivity contribution is 7.14. The molecule has 0 saturated carbocycles. The van der Waals surface area contributed by atoms with E-state index in [2.05, 4.69) is 15.3 Å². The normalized spacial score (nSPS) is 14.1. The van der Waals surface area contributed by atoms with E-state index in [1.165, 1.54) is 29.7 Å². The Bertz CT molecular complexity index is 467. The number of hydrogen-bond donors (Lipinski definition) is 1. The van der Waals surface area contributed by atoms with E-state index in [1.807, 2.05) is 6.07 Å². The van der Waals surface area contributed by atoms with Gasteiger partial charge in [0.15, 0.2) is 0 Å². The third-order valence-electron chi connectivity index (χ3n) is 3.25. The van der Waals surface area contributed by atoms with E-state index >= 15 is 0 Å². The van der Waals surface area contributed by atoms with Crippen LogP contribution in [0, 0.1) is 0 Å². The molecule has 1 aliphatic carbocycles. The molecule has 0 aromatic carbocycles. The molecule has 0 radical (unpaired) electrons. The van der Waals surface area contributed by atoms with Gasteiger partial charge in [-0.2, -0.15) is 0 Å². The number of carbonyl (C=O) groups excluding carboxylic acids is 1. The smallest absolute Gasteiger partial charge is 0.261 e. The summed E-state index contributed by atoms with van der Waals surface area (Å²) in [6.45, 7) is 0.984. The number of nitrogens with zero attached hydrogens (tertiary/aromatic N) is 3. The van der Waals surface area contributed by atoms with E-state index in [1.54, 1.807) is 11.3 Å². The minimum Gasteiger partial charge on any atom is -0.351 e. The minimum atomic E-state index is -0.000916. The second-order valence-corrected chi connectivity index (χ2v) is 5.82. The fourth-order valence-electron chi connectivity index (χ4n) is 2.26. The molecule has 2 rings (SSSR count). The van der Waals surface area contributed by atoms with Gasteiger partial charge in [0.05, 0.1) is 4.88 Å². The molecule has 0 bridgehead atoms. The highest BCUT2D eigenvalue weighted by Gasteiger charge is 2.15. The maximum absolute atomic E-state index is 12.0. The third kappa shape index (κ3) is 3.98. The van der Waals surface area contributed by atoms with Crippen LogP contribution in [0.5, 0.6) is 0 Å². The molecule has 6 heteroatoms. The molecule has 0 fully saturated rings. The summed E-state index contributed by atoms with van der Waals surface area (Å²) in [6, 6.07) is 2.05. The summed E-state index contributed by atoms with van der Waals surface area (Å²) in [5.41, 5.74) is 9.50. The van der Waals surface area contributed by atoms with Gasteiger partial charge in [-0.1, -0.05) is 11.5 Å². The van der Waals surface area contributed by atoms with Crippen LogP contribution < -0.4 is 5.32 Å². The number of fused-ring (bicyclic) bond motifs is 1. The van der Waals surface area contributed by atoms with E-state index in [-0.39, 0.29) is 5.91 Å². The maximum Gasteiger partial charge on any atom is 0.261 e. The van der Waals surface area contributed by atoms with Crippen LogP contribution in [0.15, 0.2) is 11.2 Å². The van der Waals surface area contributed by atoms with Gasteiger partial charge in [-0.15, -0.1) is 11.3 Å². The first-order valence-corrected chi connectivity index (χ1v) is 7.53. The lowest BCUT2D eigenvalue weighted by Crippen LogP contribution is -2.23. The molecule has 1 aromatic rings. The fourth-order valence-corrected chi connectivity index (χ4v) is 3.43. The van der Waals surface area contributed by atoms with Gasteiger partial charge < -0.3 is 5.32 Å². The molecule has 1 amide bonds. The highest BCUT2D eigenvalue weighted by Crippen LogP contribution is 2.28. The van der Waals surface area contributed by atoms with Crippen molar-refractivity contribution in [2.24, 2.45) is 5.11 Å². The summed E-state index contributed by atoms with van der Waals surface area (Å²) in [5.74, 6) is -0.000916. The number of azide groups is 1. The molecule has 102 valence electrons. The van der Waals surface area contributed by atoms with Crippen LogP contribution in [-0.2, 0) is 12.8 Å². The molecule has 0 atom stereocenters. The number of hydrogen-bond acceptors (Lipinski definition) is 3. The van der Waals surface area contributed by atoms with Crippen molar-refractivity contribution < 1.29 is 4.79 Å². The van der Waals surface area contributed by atoms with Gasteiger partial charge in [0, 0.05) is 22.9 Å². The van der Waals surface area contributed by atoms with Gasteiger partial charge >= 0.3 is 0 Å². The maximum atomic E-state index is 12.0. The third-order valence-corrected chi connectivity index (χ3v) is 4.49. The molecule has 1 heterocycles. The quantitative estimate of drug-likeness (QED) is 0.289. The van der Waals surface area contributed by atoms with Crippen molar-refractivity contribution in [3.8, 4) is 0 Å². The average molecular weight is 278 g/mol. The van der Waals surface area contributed by atoms with Crippen molar-refractivity contribution >= 4 is 17.2 Å². The van der Waals surface area contributed by atoms with Crippen molar-refractivity contribution in [2.45, 2.75) is 38.5 Å². The van der Waals surface area contributed by atoms with Crippen LogP contribution in [0.4, 0.5) is 0 Å². The lowest BCUT2D eigenvalue weighted by molar-refractivity contribution is 0.0957. The Kier molecular flexibility index (Phi) is 5.24. The van der Waals surface area contributed by atoms with Crippen molar-refractivity contribution in [1.29, 1.82) is 0 Å². The highest BCUT2D eigenvalue weighted by atomic mass is 32.1. The predicted molar refractivity (Wildman–Crippen MR) is 76.5 cm³/mol. The number of thiophene rings is 1. The number of nitrogens with one attached hydrogen (secondary N) is 1. The molecule has 5 nitrogen and oxygen atoms in total. The molecule has 0 saturated heterocycles. The minimum absolute atomic E-state index is 0.000916. The van der Waals surface area contributed by atoms with Crippen LogP contribution in [-0.4, -0.2) is 19.0 Å². The summed E-state index contributed by atoms with van der Waals surface area (Å²) in [7, 11) is 0. The summed E-state index contributed by atoms with van der Waals surface area (Å²) in [6.07, 6.45) is 6.67. The molecule has 0 aliphatic heterocycles. The molecule has 1 aliphatic rings. The number of carbonyl (C=O) groups is 1. The van der Waals surface area contributed by atoms with Gasteiger partial charge in [-0.25, -0.2) is 0 Å². The fraction of sp³-hybridized carbons (Fsp3) is 0.615. The van der Waals surface area contributed by atoms with Crippen molar-refractivity contribution in [3.05, 3.63) is 31.8 Å². The molecular formula is C13H18N4OS. The summed E-state index contributed by atoms with van der Waals surface area (Å²) < 4.78 is 0. The number of aryl methyl sites for hydroxylation is 2. The van der Waals surface area contributed by atoms with E-state index < -0.39 is 0 Å². The Morgan fingerprint density at radius 1 is 1.42 bits per heavy atom. The zero-order chi connectivity index (χ0) is 13.5. The van der Waals surface area contributed by atoms with Crippen LogP contribution in [0.3, 0.4) is 0 Å². The zero-order valence-electron chi connectivity index (χ0n) is 10.9. The number of amides is 1. The molecule has 0 unspecified atom stereocenters. The molecule has 1 N–H and O–H groups in total. The lowest BCUT2D eigenvalue weighted by Gasteiger charge is -2.01. The van der Waals surface area contributed by atoms with Gasteiger partial charge in [-0.3, -0.25) is 4.79 Å². The Hall–Kier alpha value is -1.52. The second kappa shape index (κ2) is 7.16. The zero-order valence-corrected chi connectivity index (χ0v) is 11.7. The van der Waals surface area contributed by atoms with Crippen LogP contribution in [0.1, 0.15) is 45.8 Å². The summed E-state index contributed by atoms with van der Waals surface area (Å²) >= 11 is 1.63. The topological polar surface area (TPSA) is 77.9 Å². The van der Waals surface area contributed by atoms with E-state index in [0.717, 1.165) is 17.7 Å². The first-order valence-electron chi connectivity index (χ1n) is 6.72. The van der Waals surface area contributed by atoms with Crippen molar-refractivity contribution in [2.75, 3.05) is 13.1 Å². The van der Waals surface area contributed by atoms with E-state index in [0.29, 0.717) is 19.5 Å². The van der Waals surface area contributed by atoms with Gasteiger partial charge in [0.25, 0.3) is 5.91 Å². The second-order valence-electron chi connectivity index (χ2n) is 4.68. The average Bonchev–Trinajstić information content (AvgIpc) is 2.70. The van der Waals surface area contributed by atoms with Gasteiger partial charge in [-0.05, 0) is 49.3 Å². The van der Waals surface area contributed by atoms with Crippen LogP contribution >= 0.6 is 11.3 Å². The Morgan fingerprint density at radius 2 is 2.26 bits per heavy atom. The first-order chi connectivity index (χ1) is 9.31. The molecular weight excluding hydrogens is 260 g/mol. The van der Waals surface area contributed by atoms with E-state index in [9.17, 15) is 4.79 Å². The van der Waals surface area contributed by atoms with Crippen LogP contribution in [0.2, 0.25) is 0 Å². The summed E-state index contributed by atoms with van der Waals surface area (Å²) in [4.78, 5) is 16.9. The van der Waals surface area contributed by atoms with Gasteiger partial charge in [0.1, 0.15) is 0 Å². The number of rotatable bonds is 5. The predicted octanol–water partition coefficient (Wildman–Crippen LogP) is 3.45. The van der Waals surface area contributed by atoms with E-state index in [4.69, 9.17) is 5.53 Å².